The molecule has 1 N–H and O–H groups in total. The average molecular weight is 447 g/mol. The first-order chi connectivity index (χ1) is 14.4. The molecule has 0 saturated carbocycles. The number of hydrazone groups is 1. The third-order valence-corrected chi connectivity index (χ3v) is 6.77. The van der Waals surface area contributed by atoms with Gasteiger partial charge in [-0.25, -0.2) is 17.7 Å². The van der Waals surface area contributed by atoms with Crippen LogP contribution in [-0.2, 0) is 10.0 Å². The van der Waals surface area contributed by atoms with Crippen LogP contribution in [0.2, 0.25) is 0 Å². The molecule has 0 spiro atoms. The molecule has 1 heterocycles. The summed E-state index contributed by atoms with van der Waals surface area (Å²) in [6.45, 7) is 0. The molecule has 10 heteroatoms. The smallest absolute Gasteiger partial charge is 0.242 e. The summed E-state index contributed by atoms with van der Waals surface area (Å²) >= 11 is 1.37. The van der Waals surface area contributed by atoms with Crippen LogP contribution in [0, 0.1) is 0 Å². The molecular formula is C20H22N4O4S2. The van der Waals surface area contributed by atoms with Crippen LogP contribution < -0.4 is 14.9 Å². The summed E-state index contributed by atoms with van der Waals surface area (Å²) in [6.07, 6.45) is 1.62. The number of thiazole rings is 1. The summed E-state index contributed by atoms with van der Waals surface area (Å²) in [5.74, 6) is 1.20. The van der Waals surface area contributed by atoms with E-state index in [1.807, 2.05) is 23.6 Å². The summed E-state index contributed by atoms with van der Waals surface area (Å²) in [7, 11) is 2.64. The summed E-state index contributed by atoms with van der Waals surface area (Å²) in [5.41, 5.74) is 5.01. The van der Waals surface area contributed by atoms with Crippen molar-refractivity contribution in [3.05, 3.63) is 53.4 Å². The molecule has 0 unspecified atom stereocenters. The molecule has 3 aromatic rings. The van der Waals surface area contributed by atoms with Gasteiger partial charge in [0.2, 0.25) is 15.2 Å². The number of rotatable bonds is 8. The van der Waals surface area contributed by atoms with Gasteiger partial charge in [0.15, 0.2) is 11.5 Å². The maximum Gasteiger partial charge on any atom is 0.242 e. The average Bonchev–Trinajstić information content (AvgIpc) is 3.22. The van der Waals surface area contributed by atoms with E-state index < -0.39 is 10.0 Å². The monoisotopic (exact) mass is 446 g/mol. The van der Waals surface area contributed by atoms with E-state index in [2.05, 4.69) is 15.5 Å². The number of anilines is 1. The lowest BCUT2D eigenvalue weighted by atomic mass is 10.2. The van der Waals surface area contributed by atoms with E-state index in [4.69, 9.17) is 9.47 Å². The van der Waals surface area contributed by atoms with Gasteiger partial charge in [-0.2, -0.15) is 5.10 Å². The summed E-state index contributed by atoms with van der Waals surface area (Å²) in [5, 5.41) is 6.63. The van der Waals surface area contributed by atoms with Crippen molar-refractivity contribution in [1.82, 2.24) is 9.29 Å². The highest BCUT2D eigenvalue weighted by Gasteiger charge is 2.18. The van der Waals surface area contributed by atoms with Gasteiger partial charge < -0.3 is 9.47 Å². The number of nitrogens with zero attached hydrogens (tertiary/aromatic N) is 3. The summed E-state index contributed by atoms with van der Waals surface area (Å²) in [4.78, 5) is 4.70. The van der Waals surface area contributed by atoms with Gasteiger partial charge >= 0.3 is 0 Å². The molecule has 0 fully saturated rings. The minimum Gasteiger partial charge on any atom is -0.493 e. The molecule has 158 valence electrons. The van der Waals surface area contributed by atoms with Crippen LogP contribution in [0.4, 0.5) is 5.13 Å². The minimum atomic E-state index is -3.51. The standard InChI is InChI=1S/C20H22N4O4S2/c1-24(2)30(25,26)16-9-5-7-14(11-16)17-13-29-20(22-17)23-21-12-15-8-6-10-18(27-3)19(15)28-4/h5-13H,1-4H3,(H,22,23)/b21-12-. The van der Waals surface area contributed by atoms with Crippen molar-refractivity contribution in [1.29, 1.82) is 0 Å². The Balaban J connectivity index is 1.78. The molecule has 0 atom stereocenters. The highest BCUT2D eigenvalue weighted by molar-refractivity contribution is 7.89. The molecule has 0 aliphatic carbocycles. The Hall–Kier alpha value is -2.95. The van der Waals surface area contributed by atoms with Crippen LogP contribution in [0.25, 0.3) is 11.3 Å². The highest BCUT2D eigenvalue weighted by atomic mass is 32.2. The zero-order chi connectivity index (χ0) is 21.7. The fourth-order valence-corrected chi connectivity index (χ4v) is 4.27. The fraction of sp³-hybridized carbons (Fsp3) is 0.200. The number of aromatic nitrogens is 1. The van der Waals surface area contributed by atoms with E-state index in [1.54, 1.807) is 44.7 Å². The molecule has 2 aromatic carbocycles. The van der Waals surface area contributed by atoms with Crippen molar-refractivity contribution >= 4 is 32.7 Å². The maximum atomic E-state index is 12.4. The summed E-state index contributed by atoms with van der Waals surface area (Å²) in [6, 6.07) is 12.2. The quantitative estimate of drug-likeness (QED) is 0.420. The Labute approximate surface area is 179 Å². The van der Waals surface area contributed by atoms with Crippen LogP contribution in [0.3, 0.4) is 0 Å². The van der Waals surface area contributed by atoms with Gasteiger partial charge in [0.05, 0.1) is 31.0 Å². The van der Waals surface area contributed by atoms with Crippen LogP contribution in [-0.4, -0.2) is 52.2 Å². The van der Waals surface area contributed by atoms with Gasteiger partial charge in [-0.05, 0) is 24.3 Å². The number of hydrogen-bond acceptors (Lipinski definition) is 8. The largest absolute Gasteiger partial charge is 0.493 e. The molecule has 1 aromatic heterocycles. The van der Waals surface area contributed by atoms with Crippen molar-refractivity contribution in [2.24, 2.45) is 5.10 Å². The van der Waals surface area contributed by atoms with Crippen LogP contribution in [0.15, 0.2) is 57.8 Å². The van der Waals surface area contributed by atoms with Crippen LogP contribution >= 0.6 is 11.3 Å². The normalized spacial score (nSPS) is 11.8. The lowest BCUT2D eigenvalue weighted by Gasteiger charge is -2.11. The Morgan fingerprint density at radius 1 is 1.13 bits per heavy atom. The van der Waals surface area contributed by atoms with Crippen LogP contribution in [0.1, 0.15) is 5.56 Å². The number of ether oxygens (including phenoxy) is 2. The van der Waals surface area contributed by atoms with Gasteiger partial charge in [-0.3, -0.25) is 5.43 Å². The van der Waals surface area contributed by atoms with E-state index in [0.717, 1.165) is 5.56 Å². The molecule has 30 heavy (non-hydrogen) atoms. The summed E-state index contributed by atoms with van der Waals surface area (Å²) < 4.78 is 36.5. The van der Waals surface area contributed by atoms with E-state index in [1.165, 1.54) is 29.7 Å². The molecule has 0 saturated heterocycles. The predicted molar refractivity (Wildman–Crippen MR) is 119 cm³/mol. The molecule has 0 bridgehead atoms. The molecular weight excluding hydrogens is 424 g/mol. The van der Waals surface area contributed by atoms with Crippen molar-refractivity contribution < 1.29 is 17.9 Å². The van der Waals surface area contributed by atoms with Gasteiger partial charge in [-0.1, -0.05) is 18.2 Å². The molecule has 0 aliphatic rings. The number of methoxy groups -OCH3 is 2. The fourth-order valence-electron chi connectivity index (χ4n) is 2.66. The number of sulfonamides is 1. The molecule has 0 radical (unpaired) electrons. The first-order valence-corrected chi connectivity index (χ1v) is 11.2. The van der Waals surface area contributed by atoms with E-state index in [9.17, 15) is 8.42 Å². The second-order valence-electron chi connectivity index (χ2n) is 6.31. The van der Waals surface area contributed by atoms with Gasteiger partial charge in [0.25, 0.3) is 0 Å². The lowest BCUT2D eigenvalue weighted by Crippen LogP contribution is -2.22. The first-order valence-electron chi connectivity index (χ1n) is 8.85. The van der Waals surface area contributed by atoms with E-state index in [0.29, 0.717) is 27.9 Å². The SMILES string of the molecule is COc1cccc(/C=N\Nc2nc(-c3cccc(S(=O)(=O)N(C)C)c3)cs2)c1OC. The Bertz CT molecular complexity index is 1160. The van der Waals surface area contributed by atoms with Gasteiger partial charge in [0.1, 0.15) is 0 Å². The second kappa shape index (κ2) is 9.24. The Morgan fingerprint density at radius 3 is 2.60 bits per heavy atom. The van der Waals surface area contributed by atoms with Crippen LogP contribution in [0.5, 0.6) is 11.5 Å². The van der Waals surface area contributed by atoms with E-state index >= 15 is 0 Å². The number of nitrogens with one attached hydrogen (secondary N) is 1. The zero-order valence-corrected chi connectivity index (χ0v) is 18.6. The van der Waals surface area contributed by atoms with Crippen molar-refractivity contribution in [3.63, 3.8) is 0 Å². The van der Waals surface area contributed by atoms with Gasteiger partial charge in [-0.15, -0.1) is 11.3 Å². The van der Waals surface area contributed by atoms with Crippen molar-refractivity contribution in [3.8, 4) is 22.8 Å². The van der Waals surface area contributed by atoms with E-state index in [-0.39, 0.29) is 4.90 Å². The van der Waals surface area contributed by atoms with Crippen molar-refractivity contribution in [2.75, 3.05) is 33.7 Å². The zero-order valence-electron chi connectivity index (χ0n) is 17.0. The Morgan fingerprint density at radius 2 is 1.90 bits per heavy atom. The third-order valence-electron chi connectivity index (χ3n) is 4.21. The molecule has 3 rings (SSSR count). The predicted octanol–water partition coefficient (Wildman–Crippen LogP) is 3.52. The topological polar surface area (TPSA) is 93.1 Å². The second-order valence-corrected chi connectivity index (χ2v) is 9.32. The number of hydrogen-bond donors (Lipinski definition) is 1. The Kier molecular flexibility index (Phi) is 6.70. The lowest BCUT2D eigenvalue weighted by molar-refractivity contribution is 0.354. The first kappa shape index (κ1) is 21.8. The maximum absolute atomic E-state index is 12.4. The third kappa shape index (κ3) is 4.61. The van der Waals surface area contributed by atoms with Crippen molar-refractivity contribution in [2.45, 2.75) is 4.90 Å². The molecule has 8 nitrogen and oxygen atoms in total. The number of benzene rings is 2. The van der Waals surface area contributed by atoms with Gasteiger partial charge in [0, 0.05) is 30.6 Å². The minimum absolute atomic E-state index is 0.218. The molecule has 0 amide bonds. The highest BCUT2D eigenvalue weighted by Crippen LogP contribution is 2.30. The molecule has 0 aliphatic heterocycles. The number of para-hydroxylation sites is 1.